The van der Waals surface area contributed by atoms with E-state index in [9.17, 15) is 14.0 Å². The zero-order valence-corrected chi connectivity index (χ0v) is 16.7. The Morgan fingerprint density at radius 1 is 1.18 bits per heavy atom. The molecule has 2 saturated heterocycles. The molecule has 28 heavy (non-hydrogen) atoms. The summed E-state index contributed by atoms with van der Waals surface area (Å²) in [5.41, 5.74) is 0.984. The number of hydrogen-bond acceptors (Lipinski definition) is 4. The van der Waals surface area contributed by atoms with Gasteiger partial charge in [0, 0.05) is 50.9 Å². The van der Waals surface area contributed by atoms with Crippen LogP contribution in [0.15, 0.2) is 18.2 Å². The van der Waals surface area contributed by atoms with Crippen LogP contribution >= 0.6 is 0 Å². The minimum Gasteiger partial charge on any atom is -0.368 e. The van der Waals surface area contributed by atoms with Crippen LogP contribution in [0.4, 0.5) is 20.6 Å². The Bertz CT molecular complexity index is 714. The fraction of sp³-hybridized carbons (Fsp3) is 0.600. The average Bonchev–Trinajstić information content (AvgIpc) is 2.90. The molecule has 7 nitrogen and oxygen atoms in total. The lowest BCUT2D eigenvalue weighted by atomic mass is 10.2. The van der Waals surface area contributed by atoms with Crippen molar-refractivity contribution in [1.29, 1.82) is 0 Å². The first-order valence-electron chi connectivity index (χ1n) is 10.0. The monoisotopic (exact) mass is 391 g/mol. The van der Waals surface area contributed by atoms with E-state index in [0.717, 1.165) is 45.6 Å². The van der Waals surface area contributed by atoms with Crippen LogP contribution in [0, 0.1) is 5.82 Å². The number of rotatable bonds is 5. The molecule has 2 aliphatic heterocycles. The highest BCUT2D eigenvalue weighted by atomic mass is 19.1. The standard InChI is InChI=1S/C20H30FN5O2/c1-15(14-26-9-3-5-19(26)27)22-20(28)23-16-6-7-18(17(21)13-16)25-10-4-8-24(2)11-12-25/h6-7,13,15H,3-5,8-12,14H2,1-2H3,(H2,22,23,28)/t15-/m1/s1. The van der Waals surface area contributed by atoms with Gasteiger partial charge in [-0.2, -0.15) is 0 Å². The number of benzene rings is 1. The third kappa shape index (κ3) is 5.34. The van der Waals surface area contributed by atoms with Crippen molar-refractivity contribution in [1.82, 2.24) is 15.1 Å². The largest absolute Gasteiger partial charge is 0.368 e. The van der Waals surface area contributed by atoms with Gasteiger partial charge in [-0.05, 0) is 51.6 Å². The van der Waals surface area contributed by atoms with Crippen LogP contribution in [0.5, 0.6) is 0 Å². The molecule has 0 aromatic heterocycles. The average molecular weight is 391 g/mol. The van der Waals surface area contributed by atoms with Gasteiger partial charge in [0.15, 0.2) is 0 Å². The van der Waals surface area contributed by atoms with E-state index in [1.54, 1.807) is 17.0 Å². The first-order chi connectivity index (χ1) is 13.4. The van der Waals surface area contributed by atoms with Crippen molar-refractivity contribution < 1.29 is 14.0 Å². The number of likely N-dealkylation sites (N-methyl/N-ethyl adjacent to an activating group) is 1. The number of nitrogens with one attached hydrogen (secondary N) is 2. The summed E-state index contributed by atoms with van der Waals surface area (Å²) in [7, 11) is 2.08. The van der Waals surface area contributed by atoms with Crippen LogP contribution in [0.3, 0.4) is 0 Å². The van der Waals surface area contributed by atoms with Crippen LogP contribution in [-0.2, 0) is 4.79 Å². The highest BCUT2D eigenvalue weighted by Crippen LogP contribution is 2.24. The van der Waals surface area contributed by atoms with Crippen LogP contribution in [0.25, 0.3) is 0 Å². The molecule has 0 saturated carbocycles. The first-order valence-corrected chi connectivity index (χ1v) is 10.0. The Hall–Kier alpha value is -2.35. The highest BCUT2D eigenvalue weighted by molar-refractivity contribution is 5.89. The van der Waals surface area contributed by atoms with Gasteiger partial charge in [-0.15, -0.1) is 0 Å². The van der Waals surface area contributed by atoms with Gasteiger partial charge in [0.2, 0.25) is 5.91 Å². The third-order valence-electron chi connectivity index (χ3n) is 5.31. The molecule has 0 radical (unpaired) electrons. The molecule has 0 aliphatic carbocycles. The van der Waals surface area contributed by atoms with E-state index in [4.69, 9.17) is 0 Å². The minimum atomic E-state index is -0.400. The fourth-order valence-electron chi connectivity index (χ4n) is 3.79. The van der Waals surface area contributed by atoms with Gasteiger partial charge in [-0.1, -0.05) is 0 Å². The molecule has 1 atom stereocenters. The molecule has 2 fully saturated rings. The zero-order valence-electron chi connectivity index (χ0n) is 16.7. The maximum absolute atomic E-state index is 14.6. The lowest BCUT2D eigenvalue weighted by molar-refractivity contribution is -0.127. The molecule has 3 rings (SSSR count). The van der Waals surface area contributed by atoms with Gasteiger partial charge in [-0.3, -0.25) is 4.79 Å². The van der Waals surface area contributed by atoms with E-state index < -0.39 is 6.03 Å². The van der Waals surface area contributed by atoms with Crippen molar-refractivity contribution in [2.24, 2.45) is 0 Å². The van der Waals surface area contributed by atoms with Gasteiger partial charge in [-0.25, -0.2) is 9.18 Å². The summed E-state index contributed by atoms with van der Waals surface area (Å²) < 4.78 is 14.6. The van der Waals surface area contributed by atoms with E-state index in [2.05, 4.69) is 27.5 Å². The Morgan fingerprint density at radius 2 is 2.00 bits per heavy atom. The molecule has 8 heteroatoms. The number of anilines is 2. The molecular formula is C20H30FN5O2. The van der Waals surface area contributed by atoms with Gasteiger partial charge in [0.05, 0.1) is 5.69 Å². The molecule has 2 aliphatic rings. The molecule has 1 aromatic carbocycles. The second-order valence-corrected chi connectivity index (χ2v) is 7.75. The van der Waals surface area contributed by atoms with E-state index in [1.807, 2.05) is 6.92 Å². The van der Waals surface area contributed by atoms with Gasteiger partial charge in [0.1, 0.15) is 5.82 Å². The Kier molecular flexibility index (Phi) is 6.72. The van der Waals surface area contributed by atoms with Crippen molar-refractivity contribution in [3.63, 3.8) is 0 Å². The smallest absolute Gasteiger partial charge is 0.319 e. The molecule has 0 bridgehead atoms. The second-order valence-electron chi connectivity index (χ2n) is 7.75. The number of urea groups is 1. The number of carbonyl (C=O) groups is 2. The zero-order chi connectivity index (χ0) is 20.1. The lowest BCUT2D eigenvalue weighted by Crippen LogP contribution is -2.44. The summed E-state index contributed by atoms with van der Waals surface area (Å²) in [6.07, 6.45) is 2.45. The summed E-state index contributed by atoms with van der Waals surface area (Å²) in [6, 6.07) is 4.23. The first kappa shape index (κ1) is 20.4. The number of likely N-dealkylation sites (tertiary alicyclic amines) is 1. The molecule has 3 amide bonds. The van der Waals surface area contributed by atoms with Crippen LogP contribution in [-0.4, -0.2) is 74.1 Å². The summed E-state index contributed by atoms with van der Waals surface area (Å²) in [4.78, 5) is 29.9. The van der Waals surface area contributed by atoms with Crippen molar-refractivity contribution in [2.45, 2.75) is 32.2 Å². The normalized spacial score (nSPS) is 19.5. The van der Waals surface area contributed by atoms with Crippen molar-refractivity contribution >= 4 is 23.3 Å². The van der Waals surface area contributed by atoms with Crippen molar-refractivity contribution in [3.8, 4) is 0 Å². The van der Waals surface area contributed by atoms with Gasteiger partial charge < -0.3 is 25.3 Å². The quantitative estimate of drug-likeness (QED) is 0.807. The minimum absolute atomic E-state index is 0.131. The Labute approximate surface area is 165 Å². The summed E-state index contributed by atoms with van der Waals surface area (Å²) >= 11 is 0. The van der Waals surface area contributed by atoms with E-state index in [-0.39, 0.29) is 17.8 Å². The number of carbonyl (C=O) groups excluding carboxylic acids is 2. The van der Waals surface area contributed by atoms with E-state index in [0.29, 0.717) is 24.3 Å². The maximum Gasteiger partial charge on any atom is 0.319 e. The van der Waals surface area contributed by atoms with Crippen LogP contribution in [0.2, 0.25) is 0 Å². The van der Waals surface area contributed by atoms with Crippen LogP contribution < -0.4 is 15.5 Å². The number of nitrogens with zero attached hydrogens (tertiary/aromatic N) is 3. The molecule has 0 unspecified atom stereocenters. The number of hydrogen-bond donors (Lipinski definition) is 2. The van der Waals surface area contributed by atoms with Crippen molar-refractivity contribution in [2.75, 3.05) is 56.5 Å². The summed E-state index contributed by atoms with van der Waals surface area (Å²) in [5, 5.41) is 5.48. The highest BCUT2D eigenvalue weighted by Gasteiger charge is 2.22. The predicted molar refractivity (Wildman–Crippen MR) is 108 cm³/mol. The topological polar surface area (TPSA) is 67.9 Å². The Balaban J connectivity index is 1.53. The molecular weight excluding hydrogens is 361 g/mol. The molecule has 2 heterocycles. The second kappa shape index (κ2) is 9.23. The molecule has 2 N–H and O–H groups in total. The van der Waals surface area contributed by atoms with Crippen molar-refractivity contribution in [3.05, 3.63) is 24.0 Å². The maximum atomic E-state index is 14.6. The van der Waals surface area contributed by atoms with Crippen LogP contribution in [0.1, 0.15) is 26.2 Å². The SMILES string of the molecule is C[C@H](CN1CCCC1=O)NC(=O)Nc1ccc(N2CCCN(C)CC2)c(F)c1. The summed E-state index contributed by atoms with van der Waals surface area (Å²) in [5.74, 6) is -0.204. The van der Waals surface area contributed by atoms with E-state index in [1.165, 1.54) is 6.07 Å². The fourth-order valence-corrected chi connectivity index (χ4v) is 3.79. The number of amides is 3. The number of halogens is 1. The molecule has 1 aromatic rings. The lowest BCUT2D eigenvalue weighted by Gasteiger charge is -2.24. The summed E-state index contributed by atoms with van der Waals surface area (Å²) in [6.45, 7) is 6.60. The van der Waals surface area contributed by atoms with Gasteiger partial charge in [0.25, 0.3) is 0 Å². The van der Waals surface area contributed by atoms with Gasteiger partial charge >= 0.3 is 6.03 Å². The molecule has 154 valence electrons. The van der Waals surface area contributed by atoms with E-state index >= 15 is 0 Å². The predicted octanol–water partition coefficient (Wildman–Crippen LogP) is 2.10. The molecule has 0 spiro atoms. The Morgan fingerprint density at radius 3 is 2.71 bits per heavy atom. The third-order valence-corrected chi connectivity index (χ3v) is 5.31.